The molecule has 6 heteroatoms. The van der Waals surface area contributed by atoms with Crippen molar-refractivity contribution < 1.29 is 9.53 Å². The van der Waals surface area contributed by atoms with Gasteiger partial charge in [0.2, 0.25) is 0 Å². The third-order valence-corrected chi connectivity index (χ3v) is 5.39. The van der Waals surface area contributed by atoms with Gasteiger partial charge in [0.1, 0.15) is 11.6 Å². The van der Waals surface area contributed by atoms with Crippen molar-refractivity contribution in [2.75, 3.05) is 38.6 Å². The van der Waals surface area contributed by atoms with Gasteiger partial charge in [0.05, 0.1) is 18.4 Å². The van der Waals surface area contributed by atoms with E-state index in [1.807, 2.05) is 48.5 Å². The van der Waals surface area contributed by atoms with Gasteiger partial charge < -0.3 is 20.3 Å². The lowest BCUT2D eigenvalue weighted by Crippen LogP contribution is -2.35. The van der Waals surface area contributed by atoms with E-state index in [9.17, 15) is 4.79 Å². The van der Waals surface area contributed by atoms with Crippen LogP contribution in [0.25, 0.3) is 10.8 Å². The van der Waals surface area contributed by atoms with Crippen LogP contribution in [0, 0.1) is 0 Å². The highest BCUT2D eigenvalue weighted by Gasteiger charge is 2.14. The van der Waals surface area contributed by atoms with Crippen LogP contribution in [0.5, 0.6) is 5.75 Å². The quantitative estimate of drug-likeness (QED) is 0.465. The van der Waals surface area contributed by atoms with Crippen molar-refractivity contribution in [3.8, 4) is 5.75 Å². The number of nitrogens with zero attached hydrogens (tertiary/aromatic N) is 2. The first-order chi connectivity index (χ1) is 15.2. The zero-order valence-electron chi connectivity index (χ0n) is 18.6. The van der Waals surface area contributed by atoms with Crippen molar-refractivity contribution in [3.63, 3.8) is 0 Å². The van der Waals surface area contributed by atoms with Crippen LogP contribution in [-0.2, 0) is 0 Å². The van der Waals surface area contributed by atoms with E-state index in [2.05, 4.69) is 34.4 Å². The highest BCUT2D eigenvalue weighted by molar-refractivity contribution is 6.09. The van der Waals surface area contributed by atoms with Crippen LogP contribution in [0.4, 0.5) is 11.5 Å². The number of methoxy groups -OCH3 is 1. The number of carbonyl (C=O) groups excluding carboxylic acids is 1. The second-order valence-electron chi connectivity index (χ2n) is 7.44. The molecule has 0 radical (unpaired) electrons. The zero-order valence-corrected chi connectivity index (χ0v) is 18.6. The summed E-state index contributed by atoms with van der Waals surface area (Å²) in [5.41, 5.74) is 1.41. The molecule has 3 rings (SSSR count). The number of pyridine rings is 1. The first kappa shape index (κ1) is 22.6. The molecule has 1 heterocycles. The van der Waals surface area contributed by atoms with Crippen LogP contribution in [0.3, 0.4) is 0 Å². The highest BCUT2D eigenvalue weighted by atomic mass is 16.5. The monoisotopic (exact) mass is 420 g/mol. The Balaban J connectivity index is 1.77. The number of carbonyl (C=O) groups is 1. The number of likely N-dealkylation sites (N-methyl/N-ethyl adjacent to an activating group) is 1. The molecule has 0 bridgehead atoms. The van der Waals surface area contributed by atoms with Crippen LogP contribution in [0.15, 0.2) is 54.7 Å². The average molecular weight is 421 g/mol. The summed E-state index contributed by atoms with van der Waals surface area (Å²) in [6, 6.07) is 15.5. The van der Waals surface area contributed by atoms with Crippen molar-refractivity contribution in [2.24, 2.45) is 0 Å². The van der Waals surface area contributed by atoms with Gasteiger partial charge in [0, 0.05) is 24.7 Å². The first-order valence-electron chi connectivity index (χ1n) is 11.0. The second kappa shape index (κ2) is 11.3. The zero-order chi connectivity index (χ0) is 22.1. The maximum Gasteiger partial charge on any atom is 0.253 e. The molecule has 31 heavy (non-hydrogen) atoms. The predicted octanol–water partition coefficient (Wildman–Crippen LogP) is 4.84. The molecular weight excluding hydrogens is 388 g/mol. The normalized spacial score (nSPS) is 11.0. The van der Waals surface area contributed by atoms with E-state index in [-0.39, 0.29) is 5.91 Å². The second-order valence-corrected chi connectivity index (χ2v) is 7.44. The van der Waals surface area contributed by atoms with Gasteiger partial charge >= 0.3 is 0 Å². The van der Waals surface area contributed by atoms with Gasteiger partial charge in [-0.25, -0.2) is 4.98 Å². The summed E-state index contributed by atoms with van der Waals surface area (Å²) in [4.78, 5) is 19.8. The summed E-state index contributed by atoms with van der Waals surface area (Å²) in [7, 11) is 1.64. The van der Waals surface area contributed by atoms with Crippen molar-refractivity contribution in [3.05, 3.63) is 60.3 Å². The number of ether oxygens (including phenoxy) is 1. The molecule has 164 valence electrons. The number of unbranched alkanes of at least 4 members (excludes halogenated alkanes) is 1. The Hall–Kier alpha value is -3.12. The third kappa shape index (κ3) is 5.73. The largest absolute Gasteiger partial charge is 0.495 e. The SMILES string of the molecule is CCCCN(CC)CCNC(=O)c1cnc(Nc2ccccc2OC)c2ccccc12. The standard InChI is InChI=1S/C25H32N4O2/c1-4-6-16-29(5-2)17-15-26-25(30)21-18-27-24(20-12-8-7-11-19(20)21)28-22-13-9-10-14-23(22)31-3/h7-14,18H,4-6,15-17H2,1-3H3,(H,26,30)(H,27,28). The van der Waals surface area contributed by atoms with Crippen LogP contribution in [0.2, 0.25) is 0 Å². The molecule has 0 spiro atoms. The predicted molar refractivity (Wildman–Crippen MR) is 127 cm³/mol. The molecule has 0 saturated carbocycles. The van der Waals surface area contributed by atoms with E-state index in [0.717, 1.165) is 41.8 Å². The fraction of sp³-hybridized carbons (Fsp3) is 0.360. The lowest BCUT2D eigenvalue weighted by molar-refractivity contribution is 0.0950. The topological polar surface area (TPSA) is 66.5 Å². The van der Waals surface area contributed by atoms with Gasteiger partial charge in [0.25, 0.3) is 5.91 Å². The number of aromatic nitrogens is 1. The van der Waals surface area contributed by atoms with E-state index in [0.29, 0.717) is 17.9 Å². The van der Waals surface area contributed by atoms with E-state index in [1.165, 1.54) is 12.8 Å². The minimum absolute atomic E-state index is 0.0981. The Morgan fingerprint density at radius 2 is 1.77 bits per heavy atom. The van der Waals surface area contributed by atoms with Crippen molar-refractivity contribution >= 4 is 28.2 Å². The van der Waals surface area contributed by atoms with Gasteiger partial charge in [-0.3, -0.25) is 4.79 Å². The highest BCUT2D eigenvalue weighted by Crippen LogP contribution is 2.31. The number of nitrogens with one attached hydrogen (secondary N) is 2. The van der Waals surface area contributed by atoms with Gasteiger partial charge in [-0.05, 0) is 37.0 Å². The Bertz CT molecular complexity index is 1010. The molecule has 0 saturated heterocycles. The van der Waals surface area contributed by atoms with Crippen LogP contribution < -0.4 is 15.4 Å². The summed E-state index contributed by atoms with van der Waals surface area (Å²) >= 11 is 0. The maximum atomic E-state index is 12.9. The molecule has 3 aromatic rings. The van der Waals surface area contributed by atoms with Gasteiger partial charge in [-0.15, -0.1) is 0 Å². The molecule has 2 aromatic carbocycles. The molecular formula is C25H32N4O2. The van der Waals surface area contributed by atoms with Crippen molar-refractivity contribution in [1.82, 2.24) is 15.2 Å². The molecule has 0 aliphatic rings. The number of amides is 1. The van der Waals surface area contributed by atoms with Gasteiger partial charge in [0.15, 0.2) is 0 Å². The maximum absolute atomic E-state index is 12.9. The Kier molecular flexibility index (Phi) is 8.24. The molecule has 0 aliphatic heterocycles. The molecule has 0 unspecified atom stereocenters. The number of fused-ring (bicyclic) bond motifs is 1. The Morgan fingerprint density at radius 1 is 1.03 bits per heavy atom. The molecule has 0 atom stereocenters. The molecule has 1 aromatic heterocycles. The summed E-state index contributed by atoms with van der Waals surface area (Å²) in [6.07, 6.45) is 4.00. The van der Waals surface area contributed by atoms with Crippen LogP contribution in [-0.4, -0.2) is 49.1 Å². The smallest absolute Gasteiger partial charge is 0.253 e. The number of hydrogen-bond donors (Lipinski definition) is 2. The summed E-state index contributed by atoms with van der Waals surface area (Å²) < 4.78 is 5.43. The van der Waals surface area contributed by atoms with Crippen molar-refractivity contribution in [2.45, 2.75) is 26.7 Å². The lowest BCUT2D eigenvalue weighted by atomic mass is 10.1. The minimum Gasteiger partial charge on any atom is -0.495 e. The number of hydrogen-bond acceptors (Lipinski definition) is 5. The minimum atomic E-state index is -0.0981. The Labute approximate surface area is 184 Å². The van der Waals surface area contributed by atoms with E-state index >= 15 is 0 Å². The first-order valence-corrected chi connectivity index (χ1v) is 11.0. The number of benzene rings is 2. The molecule has 2 N–H and O–H groups in total. The molecule has 6 nitrogen and oxygen atoms in total. The fourth-order valence-electron chi connectivity index (χ4n) is 3.58. The van der Waals surface area contributed by atoms with E-state index in [4.69, 9.17) is 4.74 Å². The Morgan fingerprint density at radius 3 is 2.52 bits per heavy atom. The summed E-state index contributed by atoms with van der Waals surface area (Å²) in [6.45, 7) is 7.87. The molecule has 1 amide bonds. The average Bonchev–Trinajstić information content (AvgIpc) is 2.81. The molecule has 0 aliphatic carbocycles. The number of rotatable bonds is 11. The van der Waals surface area contributed by atoms with Crippen LogP contribution >= 0.6 is 0 Å². The third-order valence-electron chi connectivity index (χ3n) is 5.39. The van der Waals surface area contributed by atoms with E-state index in [1.54, 1.807) is 13.3 Å². The lowest BCUT2D eigenvalue weighted by Gasteiger charge is -2.20. The van der Waals surface area contributed by atoms with Crippen LogP contribution in [0.1, 0.15) is 37.0 Å². The number of anilines is 2. The van der Waals surface area contributed by atoms with Gasteiger partial charge in [-0.1, -0.05) is 56.7 Å². The summed E-state index contributed by atoms with van der Waals surface area (Å²) in [5.74, 6) is 1.33. The van der Waals surface area contributed by atoms with Gasteiger partial charge in [-0.2, -0.15) is 0 Å². The number of para-hydroxylation sites is 2. The van der Waals surface area contributed by atoms with E-state index < -0.39 is 0 Å². The molecule has 0 fully saturated rings. The fourth-order valence-corrected chi connectivity index (χ4v) is 3.58. The summed E-state index contributed by atoms with van der Waals surface area (Å²) in [5, 5.41) is 8.16. The van der Waals surface area contributed by atoms with Crippen molar-refractivity contribution in [1.29, 1.82) is 0 Å².